The molecular weight excluding hydrogens is 450 g/mol. The molecule has 3 rings (SSSR count). The molecular formula is C22H26ClN5O5. The fourth-order valence-corrected chi connectivity index (χ4v) is 3.47. The van der Waals surface area contributed by atoms with Crippen LogP contribution in [0.1, 0.15) is 6.92 Å². The number of hydrogen-bond acceptors (Lipinski definition) is 7. The Bertz CT molecular complexity index is 1010. The van der Waals surface area contributed by atoms with Crippen LogP contribution >= 0.6 is 11.6 Å². The Morgan fingerprint density at radius 2 is 1.85 bits per heavy atom. The number of nitro benzene ring substituents is 1. The number of benzene rings is 2. The number of halogens is 1. The van der Waals surface area contributed by atoms with E-state index in [0.717, 1.165) is 18.8 Å². The van der Waals surface area contributed by atoms with Gasteiger partial charge >= 0.3 is 0 Å². The standard InChI is InChI=1S/C22H26ClN5O5/c1-15(22(30)25-20-13-18(28(31)32)7-8-19(20)23)26(2)14-21(29)24-16-3-5-17(6-4-16)27-9-11-33-12-10-27/h3-8,13,15H,9-12,14H2,1-2H3,(H,24,29)(H,25,30)/t15-/m1/s1. The normalized spacial score (nSPS) is 14.6. The number of ether oxygens (including phenoxy) is 1. The van der Waals surface area contributed by atoms with Crippen molar-refractivity contribution in [1.82, 2.24) is 4.90 Å². The van der Waals surface area contributed by atoms with Gasteiger partial charge in [-0.15, -0.1) is 0 Å². The maximum Gasteiger partial charge on any atom is 0.271 e. The number of hydrogen-bond donors (Lipinski definition) is 2. The molecule has 2 aromatic carbocycles. The fourth-order valence-electron chi connectivity index (χ4n) is 3.30. The van der Waals surface area contributed by atoms with E-state index in [9.17, 15) is 19.7 Å². The first-order chi connectivity index (χ1) is 15.7. The predicted octanol–water partition coefficient (Wildman–Crippen LogP) is 2.98. The number of likely N-dealkylation sites (N-methyl/N-ethyl adjacent to an activating group) is 1. The second-order valence-corrected chi connectivity index (χ2v) is 8.10. The minimum absolute atomic E-state index is 0.0253. The molecule has 10 nitrogen and oxygen atoms in total. The van der Waals surface area contributed by atoms with Crippen molar-refractivity contribution in [3.63, 3.8) is 0 Å². The van der Waals surface area contributed by atoms with Crippen LogP contribution in [0, 0.1) is 10.1 Å². The van der Waals surface area contributed by atoms with Gasteiger partial charge in [0, 0.05) is 36.6 Å². The lowest BCUT2D eigenvalue weighted by atomic mass is 10.2. The van der Waals surface area contributed by atoms with E-state index in [1.165, 1.54) is 18.2 Å². The van der Waals surface area contributed by atoms with Gasteiger partial charge in [0.25, 0.3) is 5.69 Å². The van der Waals surface area contributed by atoms with Crippen LogP contribution in [-0.2, 0) is 14.3 Å². The zero-order valence-corrected chi connectivity index (χ0v) is 19.2. The SMILES string of the molecule is C[C@H](C(=O)Nc1cc([N+](=O)[O-])ccc1Cl)N(C)CC(=O)Nc1ccc(N2CCOCC2)cc1. The predicted molar refractivity (Wildman–Crippen MR) is 127 cm³/mol. The molecule has 1 saturated heterocycles. The number of nitrogens with one attached hydrogen (secondary N) is 2. The molecule has 0 aliphatic carbocycles. The third kappa shape index (κ3) is 6.64. The molecule has 0 radical (unpaired) electrons. The molecule has 1 atom stereocenters. The highest BCUT2D eigenvalue weighted by molar-refractivity contribution is 6.33. The molecule has 1 fully saturated rings. The number of rotatable bonds is 8. The minimum Gasteiger partial charge on any atom is -0.378 e. The Morgan fingerprint density at radius 1 is 1.18 bits per heavy atom. The van der Waals surface area contributed by atoms with Gasteiger partial charge in [-0.05, 0) is 44.3 Å². The summed E-state index contributed by atoms with van der Waals surface area (Å²) in [4.78, 5) is 39.2. The highest BCUT2D eigenvalue weighted by atomic mass is 35.5. The summed E-state index contributed by atoms with van der Waals surface area (Å²) >= 11 is 6.04. The summed E-state index contributed by atoms with van der Waals surface area (Å²) < 4.78 is 5.36. The molecule has 0 spiro atoms. The topological polar surface area (TPSA) is 117 Å². The number of non-ortho nitro benzene ring substituents is 1. The van der Waals surface area contributed by atoms with Crippen molar-refractivity contribution in [2.75, 3.05) is 55.4 Å². The second-order valence-electron chi connectivity index (χ2n) is 7.70. The average Bonchev–Trinajstić information content (AvgIpc) is 2.80. The first-order valence-electron chi connectivity index (χ1n) is 10.4. The molecule has 2 aromatic rings. The van der Waals surface area contributed by atoms with E-state index in [1.54, 1.807) is 18.9 Å². The quantitative estimate of drug-likeness (QED) is 0.445. The number of amides is 2. The zero-order chi connectivity index (χ0) is 24.0. The lowest BCUT2D eigenvalue weighted by molar-refractivity contribution is -0.384. The second kappa shape index (κ2) is 11.1. The Hall–Kier alpha value is -3.21. The molecule has 2 amide bonds. The van der Waals surface area contributed by atoms with E-state index in [0.29, 0.717) is 18.9 Å². The molecule has 0 saturated carbocycles. The highest BCUT2D eigenvalue weighted by Crippen LogP contribution is 2.27. The van der Waals surface area contributed by atoms with Gasteiger partial charge in [-0.3, -0.25) is 24.6 Å². The lowest BCUT2D eigenvalue weighted by Crippen LogP contribution is -2.43. The van der Waals surface area contributed by atoms with Crippen LogP contribution < -0.4 is 15.5 Å². The van der Waals surface area contributed by atoms with Crippen LogP contribution in [0.4, 0.5) is 22.7 Å². The zero-order valence-electron chi connectivity index (χ0n) is 18.4. The van der Waals surface area contributed by atoms with E-state index in [-0.39, 0.29) is 28.8 Å². The third-order valence-electron chi connectivity index (χ3n) is 5.38. The maximum absolute atomic E-state index is 12.6. The summed E-state index contributed by atoms with van der Waals surface area (Å²) in [6.07, 6.45) is 0. The molecule has 0 unspecified atom stereocenters. The van der Waals surface area contributed by atoms with E-state index in [1.807, 2.05) is 24.3 Å². The molecule has 1 aliphatic rings. The van der Waals surface area contributed by atoms with E-state index in [4.69, 9.17) is 16.3 Å². The smallest absolute Gasteiger partial charge is 0.271 e. The van der Waals surface area contributed by atoms with Gasteiger partial charge < -0.3 is 20.3 Å². The number of anilines is 3. The van der Waals surface area contributed by atoms with Crippen LogP contribution in [0.15, 0.2) is 42.5 Å². The number of nitrogens with zero attached hydrogens (tertiary/aromatic N) is 3. The fraction of sp³-hybridized carbons (Fsp3) is 0.364. The van der Waals surface area contributed by atoms with E-state index in [2.05, 4.69) is 15.5 Å². The number of carbonyl (C=O) groups is 2. The largest absolute Gasteiger partial charge is 0.378 e. The van der Waals surface area contributed by atoms with Gasteiger partial charge in [0.1, 0.15) is 0 Å². The van der Waals surface area contributed by atoms with Crippen LogP contribution in [0.25, 0.3) is 0 Å². The van der Waals surface area contributed by atoms with Crippen molar-refractivity contribution in [2.45, 2.75) is 13.0 Å². The van der Waals surface area contributed by atoms with Crippen molar-refractivity contribution in [3.05, 3.63) is 57.6 Å². The van der Waals surface area contributed by atoms with Crippen molar-refractivity contribution < 1.29 is 19.2 Å². The summed E-state index contributed by atoms with van der Waals surface area (Å²) in [5.41, 5.74) is 1.68. The summed E-state index contributed by atoms with van der Waals surface area (Å²) in [5, 5.41) is 16.5. The number of morpholine rings is 1. The Balaban J connectivity index is 1.53. The van der Waals surface area contributed by atoms with Crippen molar-refractivity contribution in [1.29, 1.82) is 0 Å². The van der Waals surface area contributed by atoms with Crippen molar-refractivity contribution in [3.8, 4) is 0 Å². The summed E-state index contributed by atoms with van der Waals surface area (Å²) in [6, 6.07) is 10.7. The van der Waals surface area contributed by atoms with Crippen LogP contribution in [0.2, 0.25) is 5.02 Å². The molecule has 11 heteroatoms. The summed E-state index contributed by atoms with van der Waals surface area (Å²) in [5.74, 6) is -0.716. The first kappa shape index (κ1) is 24.4. The molecule has 2 N–H and O–H groups in total. The average molecular weight is 476 g/mol. The summed E-state index contributed by atoms with van der Waals surface area (Å²) in [6.45, 7) is 4.66. The minimum atomic E-state index is -0.685. The van der Waals surface area contributed by atoms with Crippen molar-refractivity contribution in [2.24, 2.45) is 0 Å². The van der Waals surface area contributed by atoms with Gasteiger partial charge in [-0.2, -0.15) is 0 Å². The van der Waals surface area contributed by atoms with Gasteiger partial charge in [0.05, 0.1) is 41.4 Å². The maximum atomic E-state index is 12.6. The number of nitro groups is 1. The van der Waals surface area contributed by atoms with E-state index >= 15 is 0 Å². The molecule has 1 heterocycles. The van der Waals surface area contributed by atoms with Gasteiger partial charge in [-0.25, -0.2) is 0 Å². The Kier molecular flexibility index (Phi) is 8.21. The van der Waals surface area contributed by atoms with Gasteiger partial charge in [0.2, 0.25) is 11.8 Å². The van der Waals surface area contributed by atoms with Crippen molar-refractivity contribution >= 4 is 46.2 Å². The summed E-state index contributed by atoms with van der Waals surface area (Å²) in [7, 11) is 1.64. The lowest BCUT2D eigenvalue weighted by Gasteiger charge is -2.29. The monoisotopic (exact) mass is 475 g/mol. The molecule has 33 heavy (non-hydrogen) atoms. The van der Waals surface area contributed by atoms with Gasteiger partial charge in [0.15, 0.2) is 0 Å². The van der Waals surface area contributed by atoms with Crippen LogP contribution in [0.3, 0.4) is 0 Å². The van der Waals surface area contributed by atoms with Crippen LogP contribution in [-0.4, -0.2) is 67.6 Å². The Morgan fingerprint density at radius 3 is 2.48 bits per heavy atom. The first-order valence-corrected chi connectivity index (χ1v) is 10.8. The van der Waals surface area contributed by atoms with Gasteiger partial charge in [-0.1, -0.05) is 11.6 Å². The molecule has 176 valence electrons. The van der Waals surface area contributed by atoms with Crippen LogP contribution in [0.5, 0.6) is 0 Å². The molecule has 1 aliphatic heterocycles. The third-order valence-corrected chi connectivity index (χ3v) is 5.71. The number of carbonyl (C=O) groups excluding carboxylic acids is 2. The molecule has 0 aromatic heterocycles. The molecule has 0 bridgehead atoms. The van der Waals surface area contributed by atoms with E-state index < -0.39 is 16.9 Å². The Labute approximate surface area is 196 Å². The highest BCUT2D eigenvalue weighted by Gasteiger charge is 2.22.